The molecule has 2 unspecified atom stereocenters. The summed E-state index contributed by atoms with van der Waals surface area (Å²) in [6.07, 6.45) is 2.97. The smallest absolute Gasteiger partial charge is 0.137 e. The Balaban J connectivity index is 1.68. The van der Waals surface area contributed by atoms with Crippen molar-refractivity contribution in [1.29, 1.82) is 5.26 Å². The summed E-state index contributed by atoms with van der Waals surface area (Å²) in [6.45, 7) is 2.29. The fourth-order valence-corrected chi connectivity index (χ4v) is 4.32. The van der Waals surface area contributed by atoms with Gasteiger partial charge in [0.25, 0.3) is 0 Å². The molecule has 0 aliphatic rings. The summed E-state index contributed by atoms with van der Waals surface area (Å²) < 4.78 is 30.1. The van der Waals surface area contributed by atoms with Crippen LogP contribution in [0.3, 0.4) is 0 Å². The van der Waals surface area contributed by atoms with E-state index in [1.165, 1.54) is 23.7 Å². The minimum absolute atomic E-state index is 0.192. The van der Waals surface area contributed by atoms with Gasteiger partial charge in [-0.15, -0.1) is 11.3 Å². The lowest BCUT2D eigenvalue weighted by molar-refractivity contribution is 0.440. The van der Waals surface area contributed by atoms with Gasteiger partial charge in [-0.1, -0.05) is 19.1 Å². The molecule has 0 spiro atoms. The SMILES string of the molecule is CC(c1nc(-c2ccc(C#N)cc2)cs1)C(Cn1cncn1)c1cc(F)ccc1F. The average Bonchev–Trinajstić information content (AvgIpc) is 3.46. The molecule has 30 heavy (non-hydrogen) atoms. The summed E-state index contributed by atoms with van der Waals surface area (Å²) in [5.74, 6) is -1.53. The summed E-state index contributed by atoms with van der Waals surface area (Å²) in [4.78, 5) is 8.68. The molecule has 0 bridgehead atoms. The number of nitriles is 1. The number of rotatable bonds is 6. The van der Waals surface area contributed by atoms with Crippen LogP contribution in [-0.4, -0.2) is 19.7 Å². The van der Waals surface area contributed by atoms with Crippen molar-refractivity contribution in [3.63, 3.8) is 0 Å². The number of benzene rings is 2. The molecule has 0 aliphatic carbocycles. The van der Waals surface area contributed by atoms with Crippen molar-refractivity contribution in [2.24, 2.45) is 0 Å². The van der Waals surface area contributed by atoms with Crippen molar-refractivity contribution in [3.05, 3.63) is 88.3 Å². The Bertz CT molecular complexity index is 1180. The molecule has 0 N–H and O–H groups in total. The Morgan fingerprint density at radius 3 is 2.67 bits per heavy atom. The highest BCUT2D eigenvalue weighted by Gasteiger charge is 2.27. The van der Waals surface area contributed by atoms with Crippen molar-refractivity contribution in [3.8, 4) is 17.3 Å². The zero-order valence-electron chi connectivity index (χ0n) is 16.0. The van der Waals surface area contributed by atoms with Gasteiger partial charge in [-0.3, -0.25) is 4.68 Å². The van der Waals surface area contributed by atoms with E-state index < -0.39 is 11.6 Å². The summed E-state index contributed by atoms with van der Waals surface area (Å²) in [5, 5.41) is 15.8. The number of nitrogens with zero attached hydrogens (tertiary/aromatic N) is 5. The van der Waals surface area contributed by atoms with E-state index in [9.17, 15) is 8.78 Å². The molecule has 2 aromatic carbocycles. The standard InChI is InChI=1S/C22H17F2N5S/c1-14(22-28-21(11-30-22)16-4-2-15(9-25)3-5-16)19(10-29-13-26-12-27-29)18-8-17(23)6-7-20(18)24/h2-8,11-14,19H,10H2,1H3. The monoisotopic (exact) mass is 421 g/mol. The molecule has 2 aromatic heterocycles. The van der Waals surface area contributed by atoms with Gasteiger partial charge in [0, 0.05) is 22.8 Å². The molecule has 0 radical (unpaired) electrons. The number of hydrogen-bond donors (Lipinski definition) is 0. The zero-order valence-corrected chi connectivity index (χ0v) is 16.9. The Labute approximate surface area is 176 Å². The summed E-state index contributed by atoms with van der Waals surface area (Å²) >= 11 is 1.47. The van der Waals surface area contributed by atoms with Gasteiger partial charge in [0.2, 0.25) is 0 Å². The van der Waals surface area contributed by atoms with E-state index in [0.29, 0.717) is 12.1 Å². The first-order valence-electron chi connectivity index (χ1n) is 9.28. The van der Waals surface area contributed by atoms with Crippen LogP contribution in [0.15, 0.2) is 60.5 Å². The zero-order chi connectivity index (χ0) is 21.1. The normalized spacial score (nSPS) is 13.0. The lowest BCUT2D eigenvalue weighted by Gasteiger charge is -2.23. The van der Waals surface area contributed by atoms with E-state index in [4.69, 9.17) is 10.2 Å². The van der Waals surface area contributed by atoms with Gasteiger partial charge >= 0.3 is 0 Å². The first-order valence-corrected chi connectivity index (χ1v) is 10.2. The molecule has 0 fully saturated rings. The second kappa shape index (κ2) is 8.51. The molecule has 2 heterocycles. The molecule has 4 aromatic rings. The molecule has 0 amide bonds. The van der Waals surface area contributed by atoms with Gasteiger partial charge in [0.1, 0.15) is 24.3 Å². The minimum Gasteiger partial charge on any atom is -0.252 e. The Morgan fingerprint density at radius 2 is 1.97 bits per heavy atom. The van der Waals surface area contributed by atoms with Crippen molar-refractivity contribution in [2.45, 2.75) is 25.3 Å². The van der Waals surface area contributed by atoms with Crippen molar-refractivity contribution < 1.29 is 8.78 Å². The third-order valence-electron chi connectivity index (χ3n) is 5.03. The predicted octanol–water partition coefficient (Wildman–Crippen LogP) is 5.14. The molecule has 150 valence electrons. The van der Waals surface area contributed by atoms with Crippen LogP contribution in [0.1, 0.15) is 34.9 Å². The third kappa shape index (κ3) is 4.11. The maximum atomic E-state index is 14.6. The average molecular weight is 421 g/mol. The molecule has 4 rings (SSSR count). The maximum absolute atomic E-state index is 14.6. The van der Waals surface area contributed by atoms with Crippen LogP contribution < -0.4 is 0 Å². The van der Waals surface area contributed by atoms with E-state index in [1.807, 2.05) is 24.4 Å². The molecule has 0 aliphatic heterocycles. The first kappa shape index (κ1) is 19.9. The van der Waals surface area contributed by atoms with Gasteiger partial charge in [-0.05, 0) is 35.9 Å². The first-order chi connectivity index (χ1) is 14.5. The number of halogens is 2. The molecule has 0 saturated heterocycles. The predicted molar refractivity (Wildman–Crippen MR) is 110 cm³/mol. The summed E-state index contributed by atoms with van der Waals surface area (Å²) in [6, 6.07) is 12.8. The lowest BCUT2D eigenvalue weighted by Crippen LogP contribution is -2.17. The quantitative estimate of drug-likeness (QED) is 0.432. The molecule has 2 atom stereocenters. The molecule has 5 nitrogen and oxygen atoms in total. The number of thiazole rings is 1. The van der Waals surface area contributed by atoms with E-state index in [1.54, 1.807) is 23.1 Å². The maximum Gasteiger partial charge on any atom is 0.137 e. The summed E-state index contributed by atoms with van der Waals surface area (Å²) in [7, 11) is 0. The topological polar surface area (TPSA) is 67.4 Å². The van der Waals surface area contributed by atoms with Crippen molar-refractivity contribution in [1.82, 2.24) is 19.7 Å². The fourth-order valence-electron chi connectivity index (χ4n) is 3.37. The van der Waals surface area contributed by atoms with E-state index in [2.05, 4.69) is 16.2 Å². The third-order valence-corrected chi connectivity index (χ3v) is 6.08. The highest BCUT2D eigenvalue weighted by Crippen LogP contribution is 2.38. The van der Waals surface area contributed by atoms with Gasteiger partial charge in [-0.2, -0.15) is 10.4 Å². The van der Waals surface area contributed by atoms with Crippen molar-refractivity contribution >= 4 is 11.3 Å². The second-order valence-electron chi connectivity index (χ2n) is 6.94. The minimum atomic E-state index is -0.486. The van der Waals surface area contributed by atoms with Crippen molar-refractivity contribution in [2.75, 3.05) is 0 Å². The van der Waals surface area contributed by atoms with E-state index in [0.717, 1.165) is 28.4 Å². The summed E-state index contributed by atoms with van der Waals surface area (Å²) in [5.41, 5.74) is 2.55. The van der Waals surface area contributed by atoms with Gasteiger partial charge in [0.15, 0.2) is 0 Å². The largest absolute Gasteiger partial charge is 0.252 e. The number of aromatic nitrogens is 4. The highest BCUT2D eigenvalue weighted by atomic mass is 32.1. The van der Waals surface area contributed by atoms with Crippen LogP contribution in [0.4, 0.5) is 8.78 Å². The number of hydrogen-bond acceptors (Lipinski definition) is 5. The second-order valence-corrected chi connectivity index (χ2v) is 7.83. The Hall–Kier alpha value is -3.44. The van der Waals surface area contributed by atoms with Crippen LogP contribution in [0.2, 0.25) is 0 Å². The van der Waals surface area contributed by atoms with Gasteiger partial charge in [-0.25, -0.2) is 18.7 Å². The van der Waals surface area contributed by atoms with Gasteiger partial charge < -0.3 is 0 Å². The Morgan fingerprint density at radius 1 is 1.17 bits per heavy atom. The lowest BCUT2D eigenvalue weighted by atomic mass is 9.87. The van der Waals surface area contributed by atoms with Crippen LogP contribution in [0.5, 0.6) is 0 Å². The Kier molecular flexibility index (Phi) is 5.63. The van der Waals surface area contributed by atoms with E-state index in [-0.39, 0.29) is 17.4 Å². The van der Waals surface area contributed by atoms with Crippen LogP contribution >= 0.6 is 11.3 Å². The molecule has 0 saturated carbocycles. The van der Waals surface area contributed by atoms with Gasteiger partial charge in [0.05, 0.1) is 28.9 Å². The highest BCUT2D eigenvalue weighted by molar-refractivity contribution is 7.10. The van der Waals surface area contributed by atoms with E-state index >= 15 is 0 Å². The van der Waals surface area contributed by atoms with Crippen LogP contribution in [0, 0.1) is 23.0 Å². The fraction of sp³-hybridized carbons (Fsp3) is 0.182. The van der Waals surface area contributed by atoms with Crippen LogP contribution in [-0.2, 0) is 6.54 Å². The molecular formula is C22H17F2N5S. The molecular weight excluding hydrogens is 404 g/mol. The molecule has 8 heteroatoms. The van der Waals surface area contributed by atoms with Crippen LogP contribution in [0.25, 0.3) is 11.3 Å².